The Morgan fingerprint density at radius 1 is 0.393 bits per heavy atom. The van der Waals surface area contributed by atoms with Gasteiger partial charge in [-0.2, -0.15) is 0 Å². The van der Waals surface area contributed by atoms with Crippen LogP contribution in [-0.2, 0) is 0 Å². The van der Waals surface area contributed by atoms with Crippen molar-refractivity contribution < 1.29 is 0 Å². The lowest BCUT2D eigenvalue weighted by molar-refractivity contribution is 0.634. The molecule has 0 N–H and O–H groups in total. The van der Waals surface area contributed by atoms with Gasteiger partial charge < -0.3 is 9.80 Å². The van der Waals surface area contributed by atoms with E-state index in [-0.39, 0.29) is 12.1 Å². The van der Waals surface area contributed by atoms with Crippen LogP contribution in [0.5, 0.6) is 0 Å². The smallest absolute Gasteiger partial charge is 0.0861 e. The van der Waals surface area contributed by atoms with Crippen molar-refractivity contribution in [2.45, 2.75) is 12.1 Å². The number of hydrogen-bond donors (Lipinski definition) is 0. The Labute approximate surface area is 165 Å². The minimum atomic E-state index is 0.260. The van der Waals surface area contributed by atoms with Crippen molar-refractivity contribution in [2.75, 3.05) is 9.80 Å². The van der Waals surface area contributed by atoms with E-state index in [9.17, 15) is 0 Å². The van der Waals surface area contributed by atoms with Crippen LogP contribution in [0.3, 0.4) is 0 Å². The molecule has 0 aliphatic carbocycles. The van der Waals surface area contributed by atoms with Gasteiger partial charge in [-0.1, -0.05) is 72.8 Å². The van der Waals surface area contributed by atoms with Gasteiger partial charge in [-0.05, 0) is 36.4 Å². The maximum absolute atomic E-state index is 2.52. The fourth-order valence-corrected chi connectivity index (χ4v) is 4.89. The molecule has 2 heteroatoms. The summed E-state index contributed by atoms with van der Waals surface area (Å²) in [6.07, 6.45) is 0. The number of nitrogens with zero attached hydrogens (tertiary/aromatic N) is 2. The van der Waals surface area contributed by atoms with E-state index in [1.165, 1.54) is 33.9 Å². The molecular formula is C26H20N2. The first-order valence-electron chi connectivity index (χ1n) is 9.80. The van der Waals surface area contributed by atoms with Gasteiger partial charge in [0, 0.05) is 33.9 Å². The monoisotopic (exact) mass is 360 g/mol. The average Bonchev–Trinajstić information content (AvgIpc) is 3.28. The second-order valence-electron chi connectivity index (χ2n) is 7.42. The highest BCUT2D eigenvalue weighted by Gasteiger charge is 2.49. The first-order chi connectivity index (χ1) is 13.9. The van der Waals surface area contributed by atoms with Crippen LogP contribution in [0.15, 0.2) is 109 Å². The molecule has 4 aromatic carbocycles. The van der Waals surface area contributed by atoms with Crippen molar-refractivity contribution in [2.24, 2.45) is 0 Å². The number of anilines is 4. The zero-order valence-electron chi connectivity index (χ0n) is 15.4. The molecule has 134 valence electrons. The fraction of sp³-hybridized carbons (Fsp3) is 0.0769. The molecule has 2 unspecified atom stereocenters. The Kier molecular flexibility index (Phi) is 3.33. The third-order valence-electron chi connectivity index (χ3n) is 5.95. The van der Waals surface area contributed by atoms with Crippen molar-refractivity contribution >= 4 is 22.7 Å². The zero-order chi connectivity index (χ0) is 18.5. The van der Waals surface area contributed by atoms with Gasteiger partial charge in [-0.3, -0.25) is 0 Å². The van der Waals surface area contributed by atoms with E-state index in [1.54, 1.807) is 0 Å². The highest BCUT2D eigenvalue weighted by atomic mass is 15.3. The van der Waals surface area contributed by atoms with Gasteiger partial charge in [0.15, 0.2) is 0 Å². The van der Waals surface area contributed by atoms with Crippen LogP contribution >= 0.6 is 0 Å². The van der Waals surface area contributed by atoms with Crippen molar-refractivity contribution in [1.29, 1.82) is 0 Å². The molecule has 0 amide bonds. The molecule has 2 heterocycles. The van der Waals surface area contributed by atoms with Crippen molar-refractivity contribution in [3.05, 3.63) is 120 Å². The van der Waals surface area contributed by atoms with E-state index in [0.717, 1.165) is 0 Å². The van der Waals surface area contributed by atoms with E-state index in [1.807, 2.05) is 0 Å². The average molecular weight is 360 g/mol. The lowest BCUT2D eigenvalue weighted by atomic mass is 10.0. The van der Waals surface area contributed by atoms with Crippen LogP contribution in [-0.4, -0.2) is 0 Å². The summed E-state index contributed by atoms with van der Waals surface area (Å²) < 4.78 is 0. The van der Waals surface area contributed by atoms with Crippen molar-refractivity contribution in [3.8, 4) is 0 Å². The predicted octanol–water partition coefficient (Wildman–Crippen LogP) is 6.77. The minimum Gasteiger partial charge on any atom is -0.331 e. The van der Waals surface area contributed by atoms with Crippen LogP contribution in [0.25, 0.3) is 0 Å². The highest BCUT2D eigenvalue weighted by Crippen LogP contribution is 2.62. The molecule has 2 aliphatic heterocycles. The molecule has 0 radical (unpaired) electrons. The normalized spacial score (nSPS) is 19.3. The second-order valence-corrected chi connectivity index (χ2v) is 7.42. The predicted molar refractivity (Wildman–Crippen MR) is 116 cm³/mol. The molecule has 6 rings (SSSR count). The van der Waals surface area contributed by atoms with E-state index >= 15 is 0 Å². The van der Waals surface area contributed by atoms with E-state index < -0.39 is 0 Å². The maximum atomic E-state index is 2.52. The van der Waals surface area contributed by atoms with Gasteiger partial charge >= 0.3 is 0 Å². The summed E-state index contributed by atoms with van der Waals surface area (Å²) in [6, 6.07) is 39.8. The molecule has 2 aliphatic rings. The lowest BCUT2D eigenvalue weighted by Gasteiger charge is -2.29. The zero-order valence-corrected chi connectivity index (χ0v) is 15.4. The summed E-state index contributed by atoms with van der Waals surface area (Å²) in [4.78, 5) is 5.03. The maximum Gasteiger partial charge on any atom is 0.0861 e. The third-order valence-corrected chi connectivity index (χ3v) is 5.95. The molecule has 2 nitrogen and oxygen atoms in total. The number of benzene rings is 4. The Balaban J connectivity index is 1.62. The first-order valence-corrected chi connectivity index (χ1v) is 9.80. The number of para-hydroxylation sites is 4. The Bertz CT molecular complexity index is 1040. The summed E-state index contributed by atoms with van der Waals surface area (Å²) in [5.41, 5.74) is 7.87. The molecule has 0 bridgehead atoms. The minimum absolute atomic E-state index is 0.260. The van der Waals surface area contributed by atoms with Crippen LogP contribution in [0.4, 0.5) is 22.7 Å². The summed E-state index contributed by atoms with van der Waals surface area (Å²) in [7, 11) is 0. The standard InChI is InChI=1S/C26H20N2/c1-3-11-19(12-4-1)27-23-17-9-7-15-21(23)26-25(27)22-16-8-10-18-24(22)28(26)20-13-5-2-6-14-20/h1-18,25-26H. The van der Waals surface area contributed by atoms with Gasteiger partial charge in [0.1, 0.15) is 0 Å². The van der Waals surface area contributed by atoms with Gasteiger partial charge in [0.05, 0.1) is 12.1 Å². The Hall–Kier alpha value is -3.52. The quantitative estimate of drug-likeness (QED) is 0.389. The Morgan fingerprint density at radius 2 is 0.750 bits per heavy atom. The van der Waals surface area contributed by atoms with Gasteiger partial charge in [-0.25, -0.2) is 0 Å². The molecular weight excluding hydrogens is 340 g/mol. The lowest BCUT2D eigenvalue weighted by Crippen LogP contribution is -2.24. The molecule has 0 saturated carbocycles. The molecule has 0 fully saturated rings. The molecule has 0 saturated heterocycles. The second kappa shape index (κ2) is 6.00. The molecule has 0 spiro atoms. The molecule has 4 aromatic rings. The molecule has 0 aromatic heterocycles. The van der Waals surface area contributed by atoms with E-state index in [4.69, 9.17) is 0 Å². The first kappa shape index (κ1) is 15.5. The van der Waals surface area contributed by atoms with Gasteiger partial charge in [0.2, 0.25) is 0 Å². The topological polar surface area (TPSA) is 6.48 Å². The Morgan fingerprint density at radius 3 is 1.18 bits per heavy atom. The summed E-state index contributed by atoms with van der Waals surface area (Å²) in [5, 5.41) is 0. The van der Waals surface area contributed by atoms with E-state index in [0.29, 0.717) is 0 Å². The highest BCUT2D eigenvalue weighted by molar-refractivity contribution is 5.83. The van der Waals surface area contributed by atoms with Crippen LogP contribution in [0, 0.1) is 0 Å². The van der Waals surface area contributed by atoms with Crippen LogP contribution < -0.4 is 9.80 Å². The SMILES string of the molecule is c1ccc(N2c3ccccc3C3C2c2ccccc2N3c2ccccc2)cc1. The van der Waals surface area contributed by atoms with Crippen molar-refractivity contribution in [1.82, 2.24) is 0 Å². The number of hydrogen-bond acceptors (Lipinski definition) is 2. The van der Waals surface area contributed by atoms with Gasteiger partial charge in [-0.15, -0.1) is 0 Å². The van der Waals surface area contributed by atoms with Crippen LogP contribution in [0.2, 0.25) is 0 Å². The molecule has 2 atom stereocenters. The fourth-order valence-electron chi connectivity index (χ4n) is 4.89. The summed E-state index contributed by atoms with van der Waals surface area (Å²) in [5.74, 6) is 0. The van der Waals surface area contributed by atoms with Crippen LogP contribution in [0.1, 0.15) is 23.2 Å². The van der Waals surface area contributed by atoms with Crippen molar-refractivity contribution in [3.63, 3.8) is 0 Å². The number of fused-ring (bicyclic) bond motifs is 5. The molecule has 28 heavy (non-hydrogen) atoms. The summed E-state index contributed by atoms with van der Waals surface area (Å²) >= 11 is 0. The van der Waals surface area contributed by atoms with E-state index in [2.05, 4.69) is 119 Å². The largest absolute Gasteiger partial charge is 0.331 e. The van der Waals surface area contributed by atoms with Gasteiger partial charge in [0.25, 0.3) is 0 Å². The third kappa shape index (κ3) is 2.09. The summed E-state index contributed by atoms with van der Waals surface area (Å²) in [6.45, 7) is 0. The number of rotatable bonds is 2.